The molecule has 0 saturated carbocycles. The summed E-state index contributed by atoms with van der Waals surface area (Å²) in [5.41, 5.74) is 1.26. The highest BCUT2D eigenvalue weighted by atomic mass is 16.2. The van der Waals surface area contributed by atoms with E-state index in [4.69, 9.17) is 0 Å². The second-order valence-electron chi connectivity index (χ2n) is 6.15. The van der Waals surface area contributed by atoms with Crippen molar-refractivity contribution in [3.63, 3.8) is 0 Å². The fraction of sp³-hybridized carbons (Fsp3) is 0.158. The van der Waals surface area contributed by atoms with Crippen LogP contribution in [0.5, 0.6) is 0 Å². The number of amides is 4. The highest BCUT2D eigenvalue weighted by Gasteiger charge is 2.44. The summed E-state index contributed by atoms with van der Waals surface area (Å²) in [5, 5.41) is 2.19. The van der Waals surface area contributed by atoms with Crippen molar-refractivity contribution in [2.45, 2.75) is 18.9 Å². The molecule has 0 aliphatic carbocycles. The topological polar surface area (TPSA) is 86.8 Å². The molecule has 0 bridgehead atoms. The quantitative estimate of drug-likeness (QED) is 0.818. The Hall–Kier alpha value is -3.48. The van der Waals surface area contributed by atoms with E-state index < -0.39 is 29.7 Å². The largest absolute Gasteiger partial charge is 0.324 e. The molecule has 1 aromatic carbocycles. The molecule has 3 aliphatic heterocycles. The van der Waals surface area contributed by atoms with E-state index in [-0.39, 0.29) is 24.0 Å². The number of hydrogen-bond donors (Lipinski definition) is 1. The van der Waals surface area contributed by atoms with E-state index in [9.17, 15) is 19.2 Å². The Kier molecular flexibility index (Phi) is 3.76. The summed E-state index contributed by atoms with van der Waals surface area (Å²) >= 11 is 0. The smallest absolute Gasteiger partial charge is 0.262 e. The fourth-order valence-corrected chi connectivity index (χ4v) is 3.25. The number of fused-ring (bicyclic) bond motifs is 1. The van der Waals surface area contributed by atoms with Crippen LogP contribution in [0.25, 0.3) is 0 Å². The van der Waals surface area contributed by atoms with Crippen molar-refractivity contribution in [3.05, 3.63) is 66.0 Å². The average molecular weight is 349 g/mol. The summed E-state index contributed by atoms with van der Waals surface area (Å²) in [6, 6.07) is 4.03. The van der Waals surface area contributed by atoms with Crippen molar-refractivity contribution < 1.29 is 19.2 Å². The van der Waals surface area contributed by atoms with Crippen molar-refractivity contribution >= 4 is 29.3 Å². The van der Waals surface area contributed by atoms with Crippen LogP contribution in [0.2, 0.25) is 0 Å². The highest BCUT2D eigenvalue weighted by molar-refractivity contribution is 6.23. The summed E-state index contributed by atoms with van der Waals surface area (Å²) in [6.07, 6.45) is 11.4. The number of piperidine rings is 1. The maximum atomic E-state index is 12.8. The summed E-state index contributed by atoms with van der Waals surface area (Å²) in [7, 11) is 0. The first kappa shape index (κ1) is 16.0. The Balaban J connectivity index is 1.66. The number of carbonyl (C=O) groups is 4. The molecule has 1 unspecified atom stereocenters. The first-order valence-corrected chi connectivity index (χ1v) is 8.22. The average Bonchev–Trinajstić information content (AvgIpc) is 2.82. The van der Waals surface area contributed by atoms with Crippen molar-refractivity contribution in [1.29, 1.82) is 0 Å². The zero-order chi connectivity index (χ0) is 18.3. The van der Waals surface area contributed by atoms with Crippen molar-refractivity contribution in [2.24, 2.45) is 0 Å². The molecule has 130 valence electrons. The zero-order valence-corrected chi connectivity index (χ0v) is 13.7. The lowest BCUT2D eigenvalue weighted by atomic mass is 10.0. The fourth-order valence-electron chi connectivity index (χ4n) is 3.25. The molecule has 1 atom stereocenters. The SMILES string of the molecule is O=C1CCC(N2C(=O)c3ccc(N4C=CC=CC=C4)cc3C2=O)C(=O)N1. The Bertz CT molecular complexity index is 913. The number of nitrogens with zero attached hydrogens (tertiary/aromatic N) is 2. The molecule has 1 saturated heterocycles. The summed E-state index contributed by atoms with van der Waals surface area (Å²) in [5.74, 6) is -2.02. The molecule has 7 heteroatoms. The third-order valence-electron chi connectivity index (χ3n) is 4.55. The second-order valence-corrected chi connectivity index (χ2v) is 6.15. The molecule has 4 rings (SSSR count). The van der Waals surface area contributed by atoms with Crippen LogP contribution in [-0.4, -0.2) is 34.6 Å². The van der Waals surface area contributed by atoms with Gasteiger partial charge in [-0.2, -0.15) is 0 Å². The van der Waals surface area contributed by atoms with Crippen LogP contribution in [0.4, 0.5) is 5.69 Å². The summed E-state index contributed by atoms with van der Waals surface area (Å²) in [4.78, 5) is 51.7. The van der Waals surface area contributed by atoms with Crippen LogP contribution < -0.4 is 10.2 Å². The normalized spacial score (nSPS) is 21.9. The summed E-state index contributed by atoms with van der Waals surface area (Å²) < 4.78 is 0. The van der Waals surface area contributed by atoms with E-state index in [1.807, 2.05) is 41.6 Å². The van der Waals surface area contributed by atoms with Crippen LogP contribution >= 0.6 is 0 Å². The highest BCUT2D eigenvalue weighted by Crippen LogP contribution is 2.31. The zero-order valence-electron chi connectivity index (χ0n) is 13.7. The van der Waals surface area contributed by atoms with Gasteiger partial charge in [-0.25, -0.2) is 0 Å². The predicted octanol–water partition coefficient (Wildman–Crippen LogP) is 1.49. The molecule has 0 aromatic heterocycles. The number of benzene rings is 1. The number of allylic oxidation sites excluding steroid dienone is 4. The van der Waals surface area contributed by atoms with Gasteiger partial charge >= 0.3 is 0 Å². The Morgan fingerprint density at radius 1 is 0.885 bits per heavy atom. The first-order chi connectivity index (χ1) is 12.6. The van der Waals surface area contributed by atoms with Gasteiger partial charge in [0.25, 0.3) is 11.8 Å². The number of imide groups is 2. The van der Waals surface area contributed by atoms with Crippen molar-refractivity contribution in [2.75, 3.05) is 4.90 Å². The molecule has 3 heterocycles. The molecule has 1 N–H and O–H groups in total. The van der Waals surface area contributed by atoms with E-state index in [0.29, 0.717) is 0 Å². The Morgan fingerprint density at radius 2 is 1.58 bits per heavy atom. The first-order valence-electron chi connectivity index (χ1n) is 8.22. The van der Waals surface area contributed by atoms with Gasteiger partial charge < -0.3 is 4.90 Å². The number of carbonyl (C=O) groups excluding carboxylic acids is 4. The third-order valence-corrected chi connectivity index (χ3v) is 4.55. The maximum absolute atomic E-state index is 12.8. The summed E-state index contributed by atoms with van der Waals surface area (Å²) in [6.45, 7) is 0. The van der Waals surface area contributed by atoms with E-state index in [0.717, 1.165) is 10.6 Å². The molecule has 3 aliphatic rings. The molecule has 0 radical (unpaired) electrons. The number of hydrogen-bond acceptors (Lipinski definition) is 5. The van der Waals surface area contributed by atoms with Crippen LogP contribution in [0.1, 0.15) is 33.6 Å². The van der Waals surface area contributed by atoms with Crippen molar-refractivity contribution in [1.82, 2.24) is 10.2 Å². The minimum Gasteiger partial charge on any atom is -0.324 e. The lowest BCUT2D eigenvalue weighted by Gasteiger charge is -2.27. The van der Waals surface area contributed by atoms with Gasteiger partial charge in [0, 0.05) is 24.5 Å². The van der Waals surface area contributed by atoms with Crippen LogP contribution in [-0.2, 0) is 9.59 Å². The van der Waals surface area contributed by atoms with Crippen LogP contribution in [0, 0.1) is 0 Å². The third kappa shape index (κ3) is 2.54. The van der Waals surface area contributed by atoms with Gasteiger partial charge in [-0.1, -0.05) is 12.2 Å². The number of anilines is 1. The lowest BCUT2D eigenvalue weighted by molar-refractivity contribution is -0.136. The van der Waals surface area contributed by atoms with E-state index in [2.05, 4.69) is 5.32 Å². The lowest BCUT2D eigenvalue weighted by Crippen LogP contribution is -2.54. The van der Waals surface area contributed by atoms with Gasteiger partial charge in [0.15, 0.2) is 0 Å². The molecule has 7 nitrogen and oxygen atoms in total. The molecule has 1 fully saturated rings. The molecule has 4 amide bonds. The van der Waals surface area contributed by atoms with Crippen LogP contribution in [0.15, 0.2) is 54.9 Å². The molecule has 1 aromatic rings. The van der Waals surface area contributed by atoms with Gasteiger partial charge in [0.1, 0.15) is 6.04 Å². The minimum atomic E-state index is -0.953. The minimum absolute atomic E-state index is 0.103. The van der Waals surface area contributed by atoms with E-state index >= 15 is 0 Å². The standard InChI is InChI=1S/C19H15N3O4/c23-16-8-7-15(17(24)20-16)22-18(25)13-6-5-12(11-14(13)19(22)26)21-9-3-1-2-4-10-21/h1-6,9-11,15H,7-8H2,(H,20,23,24). The van der Waals surface area contributed by atoms with Gasteiger partial charge in [-0.15, -0.1) is 0 Å². The molecular weight excluding hydrogens is 334 g/mol. The van der Waals surface area contributed by atoms with Gasteiger partial charge in [-0.05, 0) is 36.8 Å². The molecule has 26 heavy (non-hydrogen) atoms. The molecule has 0 spiro atoms. The van der Waals surface area contributed by atoms with Gasteiger partial charge in [-0.3, -0.25) is 29.4 Å². The molecular formula is C19H15N3O4. The van der Waals surface area contributed by atoms with Gasteiger partial charge in [0.2, 0.25) is 11.8 Å². The maximum Gasteiger partial charge on any atom is 0.262 e. The van der Waals surface area contributed by atoms with E-state index in [1.54, 1.807) is 18.2 Å². The number of rotatable bonds is 2. The second kappa shape index (κ2) is 6.11. The Morgan fingerprint density at radius 3 is 2.27 bits per heavy atom. The van der Waals surface area contributed by atoms with Crippen LogP contribution in [0.3, 0.4) is 0 Å². The predicted molar refractivity (Wildman–Crippen MR) is 93.0 cm³/mol. The van der Waals surface area contributed by atoms with Gasteiger partial charge in [0.05, 0.1) is 11.1 Å². The number of nitrogens with one attached hydrogen (secondary N) is 1. The van der Waals surface area contributed by atoms with E-state index in [1.165, 1.54) is 0 Å². The monoisotopic (exact) mass is 349 g/mol. The van der Waals surface area contributed by atoms with Crippen molar-refractivity contribution in [3.8, 4) is 0 Å². The Labute approximate surface area is 149 Å².